The molecule has 20 heavy (non-hydrogen) atoms. The number of aromatic nitrogens is 2. The molecule has 0 aromatic carbocycles. The highest BCUT2D eigenvalue weighted by Crippen LogP contribution is 2.18. The van der Waals surface area contributed by atoms with Gasteiger partial charge in [-0.3, -0.25) is 4.79 Å². The van der Waals surface area contributed by atoms with Gasteiger partial charge >= 0.3 is 0 Å². The summed E-state index contributed by atoms with van der Waals surface area (Å²) < 4.78 is 2.08. The zero-order chi connectivity index (χ0) is 14.5. The van der Waals surface area contributed by atoms with E-state index in [1.165, 1.54) is 0 Å². The molecule has 0 spiro atoms. The molecule has 112 valence electrons. The molecular formula is C14H25N5O. The molecule has 0 bridgehead atoms. The van der Waals surface area contributed by atoms with E-state index >= 15 is 0 Å². The summed E-state index contributed by atoms with van der Waals surface area (Å²) in [5.41, 5.74) is 1.15. The van der Waals surface area contributed by atoms with Gasteiger partial charge in [0.2, 0.25) is 11.9 Å². The van der Waals surface area contributed by atoms with Crippen LogP contribution >= 0.6 is 0 Å². The Morgan fingerprint density at radius 1 is 1.50 bits per heavy atom. The lowest BCUT2D eigenvalue weighted by atomic mass is 10.3. The highest BCUT2D eigenvalue weighted by molar-refractivity contribution is 5.76. The molecule has 0 saturated heterocycles. The van der Waals surface area contributed by atoms with Crippen LogP contribution in [0, 0.1) is 0 Å². The molecular weight excluding hydrogens is 254 g/mol. The summed E-state index contributed by atoms with van der Waals surface area (Å²) in [4.78, 5) is 17.9. The Balaban J connectivity index is 1.61. The Kier molecular flexibility index (Phi) is 5.00. The van der Waals surface area contributed by atoms with Crippen LogP contribution in [-0.2, 0) is 18.4 Å². The fourth-order valence-corrected chi connectivity index (χ4v) is 2.13. The van der Waals surface area contributed by atoms with E-state index in [0.717, 1.165) is 44.0 Å². The molecule has 2 rings (SSSR count). The van der Waals surface area contributed by atoms with Crippen LogP contribution in [0.5, 0.6) is 0 Å². The van der Waals surface area contributed by atoms with E-state index in [0.29, 0.717) is 12.5 Å². The van der Waals surface area contributed by atoms with Gasteiger partial charge in [0.05, 0.1) is 11.9 Å². The normalized spacial score (nSPS) is 14.3. The summed E-state index contributed by atoms with van der Waals surface area (Å²) in [6.07, 6.45) is 5.67. The fraction of sp³-hybridized carbons (Fsp3) is 0.714. The SMILES string of the molecule is CN(C)c1ncc(CNCCCC(=O)NC2CC2)n1C. The maximum Gasteiger partial charge on any atom is 0.220 e. The molecule has 1 aliphatic rings. The van der Waals surface area contributed by atoms with Gasteiger partial charge in [0.15, 0.2) is 0 Å². The predicted octanol–water partition coefficient (Wildman–Crippen LogP) is 0.635. The molecule has 6 heteroatoms. The molecule has 1 amide bonds. The first-order chi connectivity index (χ1) is 9.58. The lowest BCUT2D eigenvalue weighted by Gasteiger charge is -2.12. The van der Waals surface area contributed by atoms with Crippen molar-refractivity contribution in [1.82, 2.24) is 20.2 Å². The average molecular weight is 279 g/mol. The van der Waals surface area contributed by atoms with Gasteiger partial charge in [-0.05, 0) is 25.8 Å². The van der Waals surface area contributed by atoms with Crippen molar-refractivity contribution in [2.24, 2.45) is 7.05 Å². The minimum Gasteiger partial charge on any atom is -0.353 e. The first-order valence-electron chi connectivity index (χ1n) is 7.26. The first kappa shape index (κ1) is 14.8. The van der Waals surface area contributed by atoms with E-state index in [4.69, 9.17) is 0 Å². The van der Waals surface area contributed by atoms with Gasteiger partial charge in [0, 0.05) is 40.2 Å². The van der Waals surface area contributed by atoms with E-state index in [9.17, 15) is 4.79 Å². The molecule has 1 aromatic heterocycles. The average Bonchev–Trinajstić information content (AvgIpc) is 3.12. The van der Waals surface area contributed by atoms with E-state index in [1.54, 1.807) is 0 Å². The molecule has 6 nitrogen and oxygen atoms in total. The highest BCUT2D eigenvalue weighted by atomic mass is 16.1. The highest BCUT2D eigenvalue weighted by Gasteiger charge is 2.22. The van der Waals surface area contributed by atoms with E-state index in [1.807, 2.05) is 32.2 Å². The topological polar surface area (TPSA) is 62.2 Å². The first-order valence-corrected chi connectivity index (χ1v) is 7.26. The molecule has 0 aliphatic heterocycles. The maximum atomic E-state index is 11.5. The number of hydrogen-bond acceptors (Lipinski definition) is 4. The second-order valence-electron chi connectivity index (χ2n) is 5.63. The molecule has 1 saturated carbocycles. The van der Waals surface area contributed by atoms with Crippen molar-refractivity contribution in [2.45, 2.75) is 38.3 Å². The second-order valence-corrected chi connectivity index (χ2v) is 5.63. The summed E-state index contributed by atoms with van der Waals surface area (Å²) in [7, 11) is 5.98. The largest absolute Gasteiger partial charge is 0.353 e. The van der Waals surface area contributed by atoms with Crippen molar-refractivity contribution >= 4 is 11.9 Å². The smallest absolute Gasteiger partial charge is 0.220 e. The molecule has 1 aliphatic carbocycles. The molecule has 1 fully saturated rings. The number of hydrogen-bond donors (Lipinski definition) is 2. The van der Waals surface area contributed by atoms with Crippen LogP contribution in [0.4, 0.5) is 5.95 Å². The number of carbonyl (C=O) groups excluding carboxylic acids is 1. The summed E-state index contributed by atoms with van der Waals surface area (Å²) in [6.45, 7) is 1.63. The van der Waals surface area contributed by atoms with Gasteiger partial charge in [0.1, 0.15) is 0 Å². The van der Waals surface area contributed by atoms with Gasteiger partial charge in [-0.1, -0.05) is 0 Å². The number of carbonyl (C=O) groups is 1. The Bertz CT molecular complexity index is 450. The fourth-order valence-electron chi connectivity index (χ4n) is 2.13. The summed E-state index contributed by atoms with van der Waals surface area (Å²) >= 11 is 0. The van der Waals surface area contributed by atoms with Crippen LogP contribution in [0.25, 0.3) is 0 Å². The summed E-state index contributed by atoms with van der Waals surface area (Å²) in [5, 5.41) is 6.36. The van der Waals surface area contributed by atoms with Gasteiger partial charge in [0.25, 0.3) is 0 Å². The standard InChI is InChI=1S/C14H25N5O/c1-18(2)14-16-10-12(19(14)3)9-15-8-4-5-13(20)17-11-6-7-11/h10-11,15H,4-9H2,1-3H3,(H,17,20). The summed E-state index contributed by atoms with van der Waals surface area (Å²) in [5.74, 6) is 1.13. The van der Waals surface area contributed by atoms with Crippen LogP contribution in [-0.4, -0.2) is 42.1 Å². The lowest BCUT2D eigenvalue weighted by molar-refractivity contribution is -0.121. The number of imidazole rings is 1. The van der Waals surface area contributed by atoms with Gasteiger partial charge in [-0.25, -0.2) is 4.98 Å². The van der Waals surface area contributed by atoms with Crippen LogP contribution in [0.1, 0.15) is 31.4 Å². The van der Waals surface area contributed by atoms with Gasteiger partial charge in [-0.2, -0.15) is 0 Å². The van der Waals surface area contributed by atoms with Crippen molar-refractivity contribution in [3.05, 3.63) is 11.9 Å². The van der Waals surface area contributed by atoms with Crippen LogP contribution in [0.3, 0.4) is 0 Å². The quantitative estimate of drug-likeness (QED) is 0.685. The molecule has 1 aromatic rings. The number of nitrogens with one attached hydrogen (secondary N) is 2. The van der Waals surface area contributed by atoms with Crippen LogP contribution < -0.4 is 15.5 Å². The third-order valence-electron chi connectivity index (χ3n) is 3.47. The van der Waals surface area contributed by atoms with Crippen LogP contribution in [0.2, 0.25) is 0 Å². The molecule has 0 atom stereocenters. The minimum atomic E-state index is 0.185. The number of amides is 1. The minimum absolute atomic E-state index is 0.185. The van der Waals surface area contributed by atoms with Gasteiger partial charge < -0.3 is 20.1 Å². The van der Waals surface area contributed by atoms with Crippen molar-refractivity contribution in [3.8, 4) is 0 Å². The Hall–Kier alpha value is -1.56. The van der Waals surface area contributed by atoms with Gasteiger partial charge in [-0.15, -0.1) is 0 Å². The third-order valence-corrected chi connectivity index (χ3v) is 3.47. The lowest BCUT2D eigenvalue weighted by Crippen LogP contribution is -2.26. The maximum absolute atomic E-state index is 11.5. The molecule has 0 radical (unpaired) electrons. The monoisotopic (exact) mass is 279 g/mol. The number of nitrogens with zero attached hydrogens (tertiary/aromatic N) is 3. The second kappa shape index (κ2) is 6.74. The molecule has 2 N–H and O–H groups in total. The van der Waals surface area contributed by atoms with Crippen molar-refractivity contribution in [2.75, 3.05) is 25.5 Å². The summed E-state index contributed by atoms with van der Waals surface area (Å²) in [6, 6.07) is 0.467. The zero-order valence-electron chi connectivity index (χ0n) is 12.6. The van der Waals surface area contributed by atoms with Crippen molar-refractivity contribution < 1.29 is 4.79 Å². The zero-order valence-corrected chi connectivity index (χ0v) is 12.6. The van der Waals surface area contributed by atoms with Crippen molar-refractivity contribution in [3.63, 3.8) is 0 Å². The van der Waals surface area contributed by atoms with E-state index in [-0.39, 0.29) is 5.91 Å². The number of rotatable bonds is 8. The molecule has 1 heterocycles. The third kappa shape index (κ3) is 4.23. The van der Waals surface area contributed by atoms with E-state index < -0.39 is 0 Å². The Morgan fingerprint density at radius 3 is 2.85 bits per heavy atom. The Morgan fingerprint density at radius 2 is 2.25 bits per heavy atom. The molecule has 0 unspecified atom stereocenters. The number of anilines is 1. The van der Waals surface area contributed by atoms with Crippen LogP contribution in [0.15, 0.2) is 6.20 Å². The van der Waals surface area contributed by atoms with E-state index in [2.05, 4.69) is 20.2 Å². The van der Waals surface area contributed by atoms with Crippen molar-refractivity contribution in [1.29, 1.82) is 0 Å². The predicted molar refractivity (Wildman–Crippen MR) is 79.6 cm³/mol. The Labute approximate surface area is 120 Å².